The highest BCUT2D eigenvalue weighted by Crippen LogP contribution is 2.35. The zero-order valence-electron chi connectivity index (χ0n) is 35.0. The minimum Gasteiger partial charge on any atom is -0.379 e. The zero-order valence-corrected chi connectivity index (χ0v) is 35.8. The van der Waals surface area contributed by atoms with Crippen molar-refractivity contribution in [1.82, 2.24) is 39.7 Å². The van der Waals surface area contributed by atoms with Crippen molar-refractivity contribution in [2.24, 2.45) is 0 Å². The summed E-state index contributed by atoms with van der Waals surface area (Å²) >= 11 is 6.51. The molecule has 19 heteroatoms. The first kappa shape index (κ1) is 44.3. The highest BCUT2D eigenvalue weighted by molar-refractivity contribution is 6.32. The number of amides is 1. The van der Waals surface area contributed by atoms with E-state index in [1.54, 1.807) is 47.7 Å². The van der Waals surface area contributed by atoms with Gasteiger partial charge >= 0.3 is 6.18 Å². The van der Waals surface area contributed by atoms with Gasteiger partial charge in [0.05, 0.1) is 55.6 Å². The molecule has 8 rings (SSSR count). The fraction of sp³-hybridized carbons (Fsp3) is 0.311. The van der Waals surface area contributed by atoms with Crippen molar-refractivity contribution >= 4 is 46.3 Å². The normalized spacial score (nSPS) is 14.8. The Morgan fingerprint density at radius 1 is 0.766 bits per heavy atom. The molecule has 0 spiro atoms. The van der Waals surface area contributed by atoms with E-state index in [1.165, 1.54) is 29.8 Å². The second-order valence-corrected chi connectivity index (χ2v) is 15.4. The molecule has 2 fully saturated rings. The molecular formula is C45H46ClF3N12O3. The monoisotopic (exact) mass is 894 g/mol. The Morgan fingerprint density at radius 2 is 1.45 bits per heavy atom. The zero-order chi connectivity index (χ0) is 44.5. The summed E-state index contributed by atoms with van der Waals surface area (Å²) in [4.78, 5) is 46.6. The third-order valence-electron chi connectivity index (χ3n) is 10.9. The van der Waals surface area contributed by atoms with E-state index in [0.29, 0.717) is 90.7 Å². The lowest BCUT2D eigenvalue weighted by Crippen LogP contribution is -2.51. The number of rotatable bonds is 15. The fourth-order valence-corrected chi connectivity index (χ4v) is 7.61. The molecule has 2 aliphatic rings. The Balaban J connectivity index is 1.17. The van der Waals surface area contributed by atoms with E-state index < -0.39 is 17.6 Å². The molecule has 0 unspecified atom stereocenters. The number of halogens is 4. The van der Waals surface area contributed by atoms with Gasteiger partial charge in [-0.2, -0.15) is 13.2 Å². The molecule has 6 aromatic rings. The summed E-state index contributed by atoms with van der Waals surface area (Å²) in [7, 11) is 0. The van der Waals surface area contributed by atoms with Gasteiger partial charge in [-0.15, -0.1) is 0 Å². The van der Waals surface area contributed by atoms with Crippen molar-refractivity contribution in [3.63, 3.8) is 0 Å². The molecule has 64 heavy (non-hydrogen) atoms. The van der Waals surface area contributed by atoms with Crippen LogP contribution in [-0.2, 0) is 15.7 Å². The summed E-state index contributed by atoms with van der Waals surface area (Å²) in [6.45, 7) is 9.67. The number of aryl methyl sites for hydroxylation is 1. The van der Waals surface area contributed by atoms with Gasteiger partial charge in [0.15, 0.2) is 5.82 Å². The van der Waals surface area contributed by atoms with Gasteiger partial charge in [-0.05, 0) is 67.1 Å². The number of carbonyl (C=O) groups excluding carboxylic acids is 1. The topological polar surface area (TPSA) is 150 Å². The Kier molecular flexibility index (Phi) is 14.2. The number of nitrogens with zero attached hydrogens (tertiary/aromatic N) is 10. The van der Waals surface area contributed by atoms with Gasteiger partial charge < -0.3 is 20.1 Å². The summed E-state index contributed by atoms with van der Waals surface area (Å²) in [6, 6.07) is 20.5. The fourth-order valence-electron chi connectivity index (χ4n) is 7.39. The second-order valence-electron chi connectivity index (χ2n) is 15.1. The number of morpholine rings is 2. The Hall–Kier alpha value is -6.31. The first-order valence-corrected chi connectivity index (χ1v) is 21.2. The van der Waals surface area contributed by atoms with Crippen molar-refractivity contribution in [2.45, 2.75) is 13.1 Å². The maximum absolute atomic E-state index is 15.0. The van der Waals surface area contributed by atoms with Gasteiger partial charge in [-0.3, -0.25) is 19.6 Å². The Bertz CT molecular complexity index is 2540. The van der Waals surface area contributed by atoms with Crippen molar-refractivity contribution in [3.05, 3.63) is 126 Å². The molecular weight excluding hydrogens is 849 g/mol. The predicted molar refractivity (Wildman–Crippen MR) is 239 cm³/mol. The number of anilines is 5. The minimum atomic E-state index is -4.69. The van der Waals surface area contributed by atoms with E-state index >= 15 is 4.79 Å². The first-order chi connectivity index (χ1) is 31.1. The average Bonchev–Trinajstić information content (AvgIpc) is 3.32. The summed E-state index contributed by atoms with van der Waals surface area (Å²) in [5.41, 5.74) is 2.85. The molecule has 6 heterocycles. The smallest absolute Gasteiger partial charge is 0.379 e. The number of hydrogen-bond donors (Lipinski definition) is 2. The van der Waals surface area contributed by atoms with Gasteiger partial charge in [0.25, 0.3) is 5.91 Å². The van der Waals surface area contributed by atoms with Crippen LogP contribution < -0.4 is 20.7 Å². The summed E-state index contributed by atoms with van der Waals surface area (Å²) in [5, 5.41) is 10.1. The average molecular weight is 895 g/mol. The molecule has 0 saturated carbocycles. The van der Waals surface area contributed by atoms with E-state index in [0.717, 1.165) is 50.5 Å². The van der Waals surface area contributed by atoms with Crippen molar-refractivity contribution in [2.75, 3.05) is 99.4 Å². The number of benzene rings is 2. The Labute approximate surface area is 373 Å². The molecule has 4 aromatic heterocycles. The number of nitrogens with one attached hydrogen (secondary N) is 2. The Morgan fingerprint density at radius 3 is 2.19 bits per heavy atom. The van der Waals surface area contributed by atoms with Crippen LogP contribution in [-0.4, -0.2) is 124 Å². The number of pyridine rings is 2. The van der Waals surface area contributed by atoms with Crippen LogP contribution in [0.25, 0.3) is 22.5 Å². The molecule has 0 radical (unpaired) electrons. The van der Waals surface area contributed by atoms with Crippen LogP contribution in [0.15, 0.2) is 104 Å². The van der Waals surface area contributed by atoms with Crippen molar-refractivity contribution in [1.29, 1.82) is 0 Å². The molecule has 2 aliphatic heterocycles. The lowest BCUT2D eigenvalue weighted by Gasteiger charge is -2.38. The second kappa shape index (κ2) is 20.5. The standard InChI is InChI=1S/C45H46ClF3N12O3/c1-31-9-10-34(26-37(31)57-43-36(8-4-12-52-43)38-27-40(55-29-53-38)50-13-14-58-17-21-63-22-18-58)61(44(62)32-5-2-6-33(25-32)45(47,48)49)60(16-15-59-19-23-64-24-20-59)41-28-39(54-30-56-41)35-7-3-11-51-42(35)46/h2-12,25-30H,13-24H2,1H3,(H,52,57)(H,50,53,55). The van der Waals surface area contributed by atoms with Crippen LogP contribution in [0.5, 0.6) is 0 Å². The van der Waals surface area contributed by atoms with Gasteiger partial charge in [0.1, 0.15) is 29.4 Å². The molecule has 0 bridgehead atoms. The number of aromatic nitrogens is 6. The van der Waals surface area contributed by atoms with Crippen LogP contribution in [0.1, 0.15) is 21.5 Å². The highest BCUT2D eigenvalue weighted by Gasteiger charge is 2.33. The number of hydrogen-bond acceptors (Lipinski definition) is 14. The van der Waals surface area contributed by atoms with Crippen LogP contribution in [0.4, 0.5) is 42.0 Å². The van der Waals surface area contributed by atoms with E-state index in [4.69, 9.17) is 21.1 Å². The summed E-state index contributed by atoms with van der Waals surface area (Å²) < 4.78 is 53.5. The lowest BCUT2D eigenvalue weighted by molar-refractivity contribution is -0.137. The van der Waals surface area contributed by atoms with Crippen LogP contribution in [0, 0.1) is 6.92 Å². The summed E-state index contributed by atoms with van der Waals surface area (Å²) in [6.07, 6.45) is 1.38. The van der Waals surface area contributed by atoms with Gasteiger partial charge in [-0.1, -0.05) is 23.7 Å². The van der Waals surface area contributed by atoms with Gasteiger partial charge in [-0.25, -0.2) is 34.9 Å². The van der Waals surface area contributed by atoms with Crippen molar-refractivity contribution < 1.29 is 27.4 Å². The molecule has 332 valence electrons. The molecule has 0 aliphatic carbocycles. The number of ether oxygens (including phenoxy) is 2. The minimum absolute atomic E-state index is 0.184. The SMILES string of the molecule is Cc1ccc(N(C(=O)c2cccc(C(F)(F)F)c2)N(CCN2CCOCC2)c2cc(-c3cccnc3Cl)ncn2)cc1Nc1ncccc1-c1cc(NCCN2CCOCC2)ncn1. The van der Waals surface area contributed by atoms with E-state index in [9.17, 15) is 13.2 Å². The molecule has 2 N–H and O–H groups in total. The van der Waals surface area contributed by atoms with Crippen molar-refractivity contribution in [3.8, 4) is 22.5 Å². The number of alkyl halides is 3. The maximum atomic E-state index is 15.0. The van der Waals surface area contributed by atoms with Crippen LogP contribution >= 0.6 is 11.6 Å². The first-order valence-electron chi connectivity index (χ1n) is 20.8. The number of carbonyl (C=O) groups is 1. The quantitative estimate of drug-likeness (QED) is 0.0787. The maximum Gasteiger partial charge on any atom is 0.416 e. The lowest BCUT2D eigenvalue weighted by atomic mass is 10.1. The third-order valence-corrected chi connectivity index (χ3v) is 11.2. The predicted octanol–water partition coefficient (Wildman–Crippen LogP) is 7.26. The molecule has 2 aromatic carbocycles. The van der Waals surface area contributed by atoms with Gasteiger partial charge in [0.2, 0.25) is 0 Å². The molecule has 2 saturated heterocycles. The largest absolute Gasteiger partial charge is 0.416 e. The van der Waals surface area contributed by atoms with Gasteiger partial charge in [0, 0.05) is 92.7 Å². The molecule has 1 amide bonds. The van der Waals surface area contributed by atoms with Crippen LogP contribution in [0.2, 0.25) is 5.15 Å². The van der Waals surface area contributed by atoms with E-state index in [2.05, 4.69) is 50.3 Å². The summed E-state index contributed by atoms with van der Waals surface area (Å²) in [5.74, 6) is 0.703. The van der Waals surface area contributed by atoms with E-state index in [-0.39, 0.29) is 17.3 Å². The van der Waals surface area contributed by atoms with Crippen LogP contribution in [0.3, 0.4) is 0 Å². The number of hydrazine groups is 1. The van der Waals surface area contributed by atoms with E-state index in [1.807, 2.05) is 31.2 Å². The highest BCUT2D eigenvalue weighted by atomic mass is 35.5. The third kappa shape index (κ3) is 10.9. The molecule has 15 nitrogen and oxygen atoms in total. The molecule has 0 atom stereocenters.